The number of carbonyl (C=O) groups excluding carboxylic acids is 1. The fourth-order valence-corrected chi connectivity index (χ4v) is 2.69. The summed E-state index contributed by atoms with van der Waals surface area (Å²) in [5.41, 5.74) is 3.27. The monoisotopic (exact) mass is 362 g/mol. The molecule has 0 fully saturated rings. The minimum Gasteiger partial charge on any atom is -0.497 e. The molecule has 1 aromatic heterocycles. The maximum atomic E-state index is 12.4. The standard InChI is InChI=1S/C21H22N4O2/c1-4-25(18-7-5-6-15(2)12-18)21-22-13-16(14-23-21)20(26)24-17-8-10-19(27-3)11-9-17/h5-14H,4H2,1-3H3,(H,24,26). The molecule has 0 bridgehead atoms. The smallest absolute Gasteiger partial charge is 0.258 e. The molecule has 1 heterocycles. The van der Waals surface area contributed by atoms with Crippen LogP contribution in [0, 0.1) is 6.92 Å². The van der Waals surface area contributed by atoms with E-state index < -0.39 is 0 Å². The van der Waals surface area contributed by atoms with Crippen LogP contribution in [0.4, 0.5) is 17.3 Å². The number of aromatic nitrogens is 2. The summed E-state index contributed by atoms with van der Waals surface area (Å²) in [6.07, 6.45) is 3.08. The predicted molar refractivity (Wildman–Crippen MR) is 107 cm³/mol. The first-order valence-corrected chi connectivity index (χ1v) is 8.72. The third-order valence-electron chi connectivity index (χ3n) is 4.12. The van der Waals surface area contributed by atoms with Gasteiger partial charge in [-0.05, 0) is 55.8 Å². The zero-order valence-corrected chi connectivity index (χ0v) is 15.6. The van der Waals surface area contributed by atoms with Gasteiger partial charge in [-0.15, -0.1) is 0 Å². The zero-order valence-electron chi connectivity index (χ0n) is 15.6. The lowest BCUT2D eigenvalue weighted by molar-refractivity contribution is 0.102. The van der Waals surface area contributed by atoms with Gasteiger partial charge in [0, 0.05) is 30.3 Å². The second-order valence-corrected chi connectivity index (χ2v) is 6.04. The average molecular weight is 362 g/mol. The van der Waals surface area contributed by atoms with Gasteiger partial charge in [0.1, 0.15) is 5.75 Å². The molecule has 6 heteroatoms. The van der Waals surface area contributed by atoms with Crippen LogP contribution in [0.2, 0.25) is 0 Å². The zero-order chi connectivity index (χ0) is 19.2. The Morgan fingerprint density at radius 2 is 1.81 bits per heavy atom. The van der Waals surface area contributed by atoms with Crippen molar-refractivity contribution in [2.45, 2.75) is 13.8 Å². The molecule has 0 aliphatic carbocycles. The van der Waals surface area contributed by atoms with Crippen LogP contribution in [0.15, 0.2) is 60.9 Å². The largest absolute Gasteiger partial charge is 0.497 e. The first-order valence-electron chi connectivity index (χ1n) is 8.72. The summed E-state index contributed by atoms with van der Waals surface area (Å²) in [5, 5.41) is 2.82. The van der Waals surface area contributed by atoms with Gasteiger partial charge in [-0.3, -0.25) is 4.79 Å². The molecule has 3 rings (SSSR count). The van der Waals surface area contributed by atoms with Crippen LogP contribution >= 0.6 is 0 Å². The number of hydrogen-bond acceptors (Lipinski definition) is 5. The number of hydrogen-bond donors (Lipinski definition) is 1. The minimum atomic E-state index is -0.259. The lowest BCUT2D eigenvalue weighted by Crippen LogP contribution is -2.20. The van der Waals surface area contributed by atoms with Crippen LogP contribution in [0.1, 0.15) is 22.8 Å². The quantitative estimate of drug-likeness (QED) is 0.712. The summed E-state index contributed by atoms with van der Waals surface area (Å²) in [5.74, 6) is 1.03. The Labute approximate surface area is 158 Å². The van der Waals surface area contributed by atoms with Crippen molar-refractivity contribution in [3.8, 4) is 5.75 Å². The van der Waals surface area contributed by atoms with Crippen molar-refractivity contribution in [1.29, 1.82) is 0 Å². The molecule has 1 N–H and O–H groups in total. The van der Waals surface area contributed by atoms with Gasteiger partial charge in [-0.1, -0.05) is 12.1 Å². The van der Waals surface area contributed by atoms with Crippen LogP contribution in [-0.4, -0.2) is 29.5 Å². The number of carbonyl (C=O) groups is 1. The molecular weight excluding hydrogens is 340 g/mol. The third-order valence-corrected chi connectivity index (χ3v) is 4.12. The Kier molecular flexibility index (Phi) is 5.66. The summed E-state index contributed by atoms with van der Waals surface area (Å²) in [7, 11) is 1.60. The molecular formula is C21H22N4O2. The fourth-order valence-electron chi connectivity index (χ4n) is 2.69. The van der Waals surface area contributed by atoms with Crippen molar-refractivity contribution in [3.05, 3.63) is 72.1 Å². The van der Waals surface area contributed by atoms with E-state index in [9.17, 15) is 4.79 Å². The molecule has 3 aromatic rings. The lowest BCUT2D eigenvalue weighted by Gasteiger charge is -2.21. The van der Waals surface area contributed by atoms with Crippen molar-refractivity contribution in [2.24, 2.45) is 0 Å². The number of anilines is 3. The Bertz CT molecular complexity index is 908. The molecule has 0 spiro atoms. The number of amides is 1. The van der Waals surface area contributed by atoms with Gasteiger partial charge in [0.05, 0.1) is 12.7 Å². The van der Waals surface area contributed by atoms with Crippen LogP contribution < -0.4 is 15.0 Å². The van der Waals surface area contributed by atoms with E-state index >= 15 is 0 Å². The number of nitrogens with one attached hydrogen (secondary N) is 1. The summed E-state index contributed by atoms with van der Waals surface area (Å²) in [6.45, 7) is 4.81. The Morgan fingerprint density at radius 1 is 1.11 bits per heavy atom. The molecule has 0 aliphatic rings. The summed E-state index contributed by atoms with van der Waals surface area (Å²) < 4.78 is 5.11. The van der Waals surface area contributed by atoms with E-state index in [1.807, 2.05) is 36.9 Å². The highest BCUT2D eigenvalue weighted by molar-refractivity contribution is 6.03. The van der Waals surface area contributed by atoms with Gasteiger partial charge in [-0.2, -0.15) is 0 Å². The molecule has 0 atom stereocenters. The van der Waals surface area contributed by atoms with Gasteiger partial charge in [0.25, 0.3) is 5.91 Å². The molecule has 2 aromatic carbocycles. The number of nitrogens with zero attached hydrogens (tertiary/aromatic N) is 3. The average Bonchev–Trinajstić information content (AvgIpc) is 2.70. The first kappa shape index (κ1) is 18.4. The summed E-state index contributed by atoms with van der Waals surface area (Å²) >= 11 is 0. The molecule has 0 saturated carbocycles. The van der Waals surface area contributed by atoms with E-state index in [0.717, 1.165) is 18.0 Å². The highest BCUT2D eigenvalue weighted by Crippen LogP contribution is 2.22. The number of methoxy groups -OCH3 is 1. The first-order chi connectivity index (χ1) is 13.1. The molecule has 0 radical (unpaired) electrons. The molecule has 0 aliphatic heterocycles. The normalized spacial score (nSPS) is 10.3. The van der Waals surface area contributed by atoms with Crippen LogP contribution in [0.3, 0.4) is 0 Å². The molecule has 138 valence electrons. The van der Waals surface area contributed by atoms with Crippen molar-refractivity contribution >= 4 is 23.2 Å². The maximum absolute atomic E-state index is 12.4. The van der Waals surface area contributed by atoms with Gasteiger partial charge < -0.3 is 15.0 Å². The number of rotatable bonds is 6. The van der Waals surface area contributed by atoms with Gasteiger partial charge in [0.2, 0.25) is 5.95 Å². The lowest BCUT2D eigenvalue weighted by atomic mass is 10.2. The summed E-state index contributed by atoms with van der Waals surface area (Å²) in [6, 6.07) is 15.3. The topological polar surface area (TPSA) is 67.4 Å². The van der Waals surface area contributed by atoms with Gasteiger partial charge >= 0.3 is 0 Å². The van der Waals surface area contributed by atoms with E-state index in [0.29, 0.717) is 17.2 Å². The number of aryl methyl sites for hydroxylation is 1. The van der Waals surface area contributed by atoms with E-state index in [1.54, 1.807) is 43.8 Å². The van der Waals surface area contributed by atoms with Gasteiger partial charge in [0.15, 0.2) is 0 Å². The van der Waals surface area contributed by atoms with E-state index in [4.69, 9.17) is 4.74 Å². The van der Waals surface area contributed by atoms with Crippen molar-refractivity contribution in [3.63, 3.8) is 0 Å². The van der Waals surface area contributed by atoms with Crippen molar-refractivity contribution in [1.82, 2.24) is 9.97 Å². The molecule has 0 unspecified atom stereocenters. The molecule has 27 heavy (non-hydrogen) atoms. The maximum Gasteiger partial charge on any atom is 0.258 e. The number of benzene rings is 2. The minimum absolute atomic E-state index is 0.259. The highest BCUT2D eigenvalue weighted by atomic mass is 16.5. The molecule has 1 amide bonds. The fraction of sp³-hybridized carbons (Fsp3) is 0.190. The van der Waals surface area contributed by atoms with Crippen LogP contribution in [0.25, 0.3) is 0 Å². The highest BCUT2D eigenvalue weighted by Gasteiger charge is 2.13. The van der Waals surface area contributed by atoms with E-state index in [1.165, 1.54) is 5.56 Å². The Morgan fingerprint density at radius 3 is 2.41 bits per heavy atom. The summed E-state index contributed by atoms with van der Waals surface area (Å²) in [4.78, 5) is 23.2. The Balaban J connectivity index is 1.74. The predicted octanol–water partition coefficient (Wildman–Crippen LogP) is 4.20. The van der Waals surface area contributed by atoms with E-state index in [-0.39, 0.29) is 5.91 Å². The number of ether oxygens (including phenoxy) is 1. The van der Waals surface area contributed by atoms with E-state index in [2.05, 4.69) is 21.4 Å². The van der Waals surface area contributed by atoms with Gasteiger partial charge in [-0.25, -0.2) is 9.97 Å². The molecule has 6 nitrogen and oxygen atoms in total. The second-order valence-electron chi connectivity index (χ2n) is 6.04. The third kappa shape index (κ3) is 4.41. The Hall–Kier alpha value is -3.41. The van der Waals surface area contributed by atoms with Crippen LogP contribution in [-0.2, 0) is 0 Å². The second kappa shape index (κ2) is 8.31. The van der Waals surface area contributed by atoms with Crippen LogP contribution in [0.5, 0.6) is 5.75 Å². The van der Waals surface area contributed by atoms with Crippen molar-refractivity contribution in [2.75, 3.05) is 23.9 Å². The van der Waals surface area contributed by atoms with Crippen molar-refractivity contribution < 1.29 is 9.53 Å². The SMILES string of the molecule is CCN(c1cccc(C)c1)c1ncc(C(=O)Nc2ccc(OC)cc2)cn1. The molecule has 0 saturated heterocycles.